The van der Waals surface area contributed by atoms with E-state index in [0.29, 0.717) is 24.4 Å². The molecule has 4 nitrogen and oxygen atoms in total. The second-order valence-electron chi connectivity index (χ2n) is 9.16. The number of fused-ring (bicyclic) bond motifs is 2. The fraction of sp³-hybridized carbons (Fsp3) is 0.944. The summed E-state index contributed by atoms with van der Waals surface area (Å²) in [5.41, 5.74) is 0.00975. The third-order valence-corrected chi connectivity index (χ3v) is 8.03. The van der Waals surface area contributed by atoms with E-state index in [-0.39, 0.29) is 22.5 Å². The molecule has 3 bridgehead atoms. The van der Waals surface area contributed by atoms with Gasteiger partial charge in [-0.1, -0.05) is 0 Å². The van der Waals surface area contributed by atoms with Gasteiger partial charge in [-0.15, -0.1) is 0 Å². The first kappa shape index (κ1) is 13.8. The number of hydrogen-bond donors (Lipinski definition) is 2. The van der Waals surface area contributed by atoms with E-state index in [0.717, 1.165) is 38.6 Å². The van der Waals surface area contributed by atoms with Crippen molar-refractivity contribution in [2.24, 2.45) is 17.3 Å². The summed E-state index contributed by atoms with van der Waals surface area (Å²) in [6, 6.07) is 0.415. The van der Waals surface area contributed by atoms with Gasteiger partial charge >= 0.3 is 0 Å². The van der Waals surface area contributed by atoms with Crippen LogP contribution in [0.1, 0.15) is 58.3 Å². The number of amides is 1. The molecule has 1 aliphatic heterocycles. The van der Waals surface area contributed by atoms with Gasteiger partial charge in [0.15, 0.2) is 0 Å². The molecule has 0 aromatic heterocycles. The highest BCUT2D eigenvalue weighted by atomic mass is 16.3. The highest BCUT2D eigenvalue weighted by Gasteiger charge is 2.77. The van der Waals surface area contributed by atoms with Crippen LogP contribution in [0.15, 0.2) is 0 Å². The minimum Gasteiger partial charge on any atom is -0.389 e. The minimum absolute atomic E-state index is 0.146. The predicted octanol–water partition coefficient (Wildman–Crippen LogP) is 1.67. The molecule has 1 heterocycles. The summed E-state index contributed by atoms with van der Waals surface area (Å²) in [4.78, 5) is 14.6. The highest BCUT2D eigenvalue weighted by molar-refractivity contribution is 5.79. The second kappa shape index (κ2) is 4.07. The van der Waals surface area contributed by atoms with Crippen molar-refractivity contribution >= 4 is 5.91 Å². The molecule has 4 saturated carbocycles. The van der Waals surface area contributed by atoms with Crippen LogP contribution in [0.3, 0.4) is 0 Å². The Morgan fingerprint density at radius 2 is 2.14 bits per heavy atom. The Balaban J connectivity index is 1.30. The topological polar surface area (TPSA) is 52.6 Å². The van der Waals surface area contributed by atoms with Gasteiger partial charge < -0.3 is 15.3 Å². The SMILES string of the molecule is C[C@H]1CCCN1C(=O)CNC12CC3CC4(O)C[C@H](C1)C4(C3)C2. The Hall–Kier alpha value is -0.610. The Bertz CT molecular complexity index is 533. The summed E-state index contributed by atoms with van der Waals surface area (Å²) >= 11 is 0. The number of nitrogens with zero attached hydrogens (tertiary/aromatic N) is 1. The van der Waals surface area contributed by atoms with Crippen LogP contribution in [-0.4, -0.2) is 46.2 Å². The fourth-order valence-corrected chi connectivity index (χ4v) is 7.29. The Labute approximate surface area is 132 Å². The number of rotatable bonds is 3. The van der Waals surface area contributed by atoms with E-state index < -0.39 is 0 Å². The number of carbonyl (C=O) groups excluding carboxylic acids is 1. The molecular weight excluding hydrogens is 276 g/mol. The van der Waals surface area contributed by atoms with Crippen LogP contribution in [0.5, 0.6) is 0 Å². The van der Waals surface area contributed by atoms with Crippen molar-refractivity contribution in [3.05, 3.63) is 0 Å². The van der Waals surface area contributed by atoms with Crippen LogP contribution in [0, 0.1) is 17.3 Å². The van der Waals surface area contributed by atoms with Gasteiger partial charge in [-0.25, -0.2) is 0 Å². The largest absolute Gasteiger partial charge is 0.389 e. The normalized spacial score (nSPS) is 54.6. The Morgan fingerprint density at radius 3 is 2.91 bits per heavy atom. The van der Waals surface area contributed by atoms with Crippen LogP contribution >= 0.6 is 0 Å². The van der Waals surface area contributed by atoms with Crippen LogP contribution < -0.4 is 5.32 Å². The summed E-state index contributed by atoms with van der Waals surface area (Å²) in [7, 11) is 0. The van der Waals surface area contributed by atoms with Crippen molar-refractivity contribution < 1.29 is 9.90 Å². The molecule has 5 rings (SSSR count). The van der Waals surface area contributed by atoms with E-state index in [4.69, 9.17) is 0 Å². The summed E-state index contributed by atoms with van der Waals surface area (Å²) in [5, 5.41) is 14.6. The number of nitrogens with one attached hydrogen (secondary N) is 1. The maximum Gasteiger partial charge on any atom is 0.236 e. The minimum atomic E-state index is -0.351. The molecule has 5 aliphatic rings. The lowest BCUT2D eigenvalue weighted by molar-refractivity contribution is -0.176. The molecule has 1 amide bonds. The summed E-state index contributed by atoms with van der Waals surface area (Å²) in [5.74, 6) is 1.67. The standard InChI is InChI=1S/C18H28N2O2/c1-12-3-2-4-20(12)15(21)10-19-16-5-13-6-17(11-16)14(8-16)9-18(17,22)7-13/h12-14,19,22H,2-11H2,1H3/t12-,13?,14-,16?,17?,18?/m0/s1. The Morgan fingerprint density at radius 1 is 1.27 bits per heavy atom. The average Bonchev–Trinajstić information content (AvgIpc) is 3.01. The maximum absolute atomic E-state index is 12.5. The third-order valence-electron chi connectivity index (χ3n) is 8.03. The second-order valence-corrected chi connectivity index (χ2v) is 9.16. The lowest BCUT2D eigenvalue weighted by atomic mass is 9.53. The molecule has 4 aliphatic carbocycles. The number of carbonyl (C=O) groups is 1. The molecule has 0 aromatic carbocycles. The predicted molar refractivity (Wildman–Crippen MR) is 83.2 cm³/mol. The number of likely N-dealkylation sites (tertiary alicyclic amines) is 1. The molecule has 0 radical (unpaired) electrons. The van der Waals surface area contributed by atoms with Gasteiger partial charge in [0.25, 0.3) is 0 Å². The van der Waals surface area contributed by atoms with Gasteiger partial charge in [-0.3, -0.25) is 4.79 Å². The zero-order valence-corrected chi connectivity index (χ0v) is 13.6. The first-order valence-electron chi connectivity index (χ1n) is 9.22. The van der Waals surface area contributed by atoms with Gasteiger partial charge in [0.2, 0.25) is 5.91 Å². The lowest BCUT2D eigenvalue weighted by Gasteiger charge is -2.55. The monoisotopic (exact) mass is 304 g/mol. The molecule has 122 valence electrons. The fourth-order valence-electron chi connectivity index (χ4n) is 7.29. The summed E-state index contributed by atoms with van der Waals surface area (Å²) in [6.07, 6.45) is 9.06. The van der Waals surface area contributed by atoms with E-state index in [1.807, 2.05) is 0 Å². The van der Waals surface area contributed by atoms with Gasteiger partial charge in [0, 0.05) is 23.5 Å². The molecule has 1 saturated heterocycles. The first-order chi connectivity index (χ1) is 10.5. The van der Waals surface area contributed by atoms with Gasteiger partial charge in [0.05, 0.1) is 12.1 Å². The molecule has 6 atom stereocenters. The molecule has 5 fully saturated rings. The maximum atomic E-state index is 12.5. The first-order valence-corrected chi connectivity index (χ1v) is 9.22. The van der Waals surface area contributed by atoms with E-state index in [1.54, 1.807) is 0 Å². The highest BCUT2D eigenvalue weighted by Crippen LogP contribution is 2.77. The molecule has 2 N–H and O–H groups in total. The smallest absolute Gasteiger partial charge is 0.236 e. The van der Waals surface area contributed by atoms with Crippen LogP contribution in [-0.2, 0) is 4.79 Å². The third kappa shape index (κ3) is 1.53. The summed E-state index contributed by atoms with van der Waals surface area (Å²) < 4.78 is 0. The van der Waals surface area contributed by atoms with E-state index in [1.165, 1.54) is 19.3 Å². The van der Waals surface area contributed by atoms with Crippen LogP contribution in [0.2, 0.25) is 0 Å². The van der Waals surface area contributed by atoms with E-state index in [2.05, 4.69) is 17.1 Å². The van der Waals surface area contributed by atoms with Crippen LogP contribution in [0.4, 0.5) is 0 Å². The van der Waals surface area contributed by atoms with Gasteiger partial charge in [-0.05, 0) is 70.1 Å². The Kier molecular flexibility index (Phi) is 2.55. The molecular formula is C18H28N2O2. The molecule has 4 heteroatoms. The molecule has 22 heavy (non-hydrogen) atoms. The van der Waals surface area contributed by atoms with E-state index >= 15 is 0 Å². The molecule has 1 spiro atoms. The summed E-state index contributed by atoms with van der Waals surface area (Å²) in [6.45, 7) is 3.60. The van der Waals surface area contributed by atoms with Crippen molar-refractivity contribution in [2.45, 2.75) is 75.5 Å². The van der Waals surface area contributed by atoms with Crippen molar-refractivity contribution in [3.63, 3.8) is 0 Å². The van der Waals surface area contributed by atoms with Crippen molar-refractivity contribution in [1.29, 1.82) is 0 Å². The van der Waals surface area contributed by atoms with Crippen molar-refractivity contribution in [3.8, 4) is 0 Å². The van der Waals surface area contributed by atoms with E-state index in [9.17, 15) is 9.90 Å². The zero-order chi connectivity index (χ0) is 15.2. The van der Waals surface area contributed by atoms with Crippen molar-refractivity contribution in [2.75, 3.05) is 13.1 Å². The average molecular weight is 304 g/mol. The molecule has 0 aromatic rings. The van der Waals surface area contributed by atoms with Crippen LogP contribution in [0.25, 0.3) is 0 Å². The van der Waals surface area contributed by atoms with Crippen molar-refractivity contribution in [1.82, 2.24) is 10.2 Å². The molecule has 4 unspecified atom stereocenters. The number of aliphatic hydroxyl groups is 1. The lowest BCUT2D eigenvalue weighted by Crippen LogP contribution is -2.58. The zero-order valence-electron chi connectivity index (χ0n) is 13.6. The van der Waals surface area contributed by atoms with Gasteiger partial charge in [0.1, 0.15) is 0 Å². The quantitative estimate of drug-likeness (QED) is 0.834. The number of hydrogen-bond acceptors (Lipinski definition) is 3. The van der Waals surface area contributed by atoms with Gasteiger partial charge in [-0.2, -0.15) is 0 Å².